The highest BCUT2D eigenvalue weighted by Gasteiger charge is 2.38. The van der Waals surface area contributed by atoms with Crippen LogP contribution in [0, 0.1) is 0 Å². The molecule has 0 aliphatic carbocycles. The van der Waals surface area contributed by atoms with Crippen molar-refractivity contribution in [2.45, 2.75) is 24.1 Å². The van der Waals surface area contributed by atoms with Gasteiger partial charge in [-0.25, -0.2) is 23.1 Å². The maximum atomic E-state index is 14.1. The average Bonchev–Trinajstić information content (AvgIpc) is 3.36. The van der Waals surface area contributed by atoms with Gasteiger partial charge in [0.2, 0.25) is 5.91 Å². The first-order valence-corrected chi connectivity index (χ1v) is 12.0. The van der Waals surface area contributed by atoms with Crippen molar-refractivity contribution < 1.29 is 22.8 Å². The Morgan fingerprint density at radius 1 is 1.14 bits per heavy atom. The molecule has 2 unspecified atom stereocenters. The maximum absolute atomic E-state index is 14.1. The molecular formula is C23H21ClF3N5O2S. The molecule has 2 atom stereocenters. The zero-order valence-electron chi connectivity index (χ0n) is 18.2. The number of hydrogen-bond donors (Lipinski definition) is 1. The van der Waals surface area contributed by atoms with Crippen LogP contribution in [-0.2, 0) is 9.59 Å². The van der Waals surface area contributed by atoms with Crippen LogP contribution in [0.2, 0.25) is 0 Å². The lowest BCUT2D eigenvalue weighted by Gasteiger charge is -2.40. The van der Waals surface area contributed by atoms with Gasteiger partial charge in [-0.3, -0.25) is 19.4 Å². The Balaban J connectivity index is 1.64. The number of rotatable bonds is 9. The van der Waals surface area contributed by atoms with Crippen molar-refractivity contribution in [2.75, 3.05) is 24.5 Å². The van der Waals surface area contributed by atoms with Crippen LogP contribution in [0.3, 0.4) is 0 Å². The number of thiophene rings is 1. The molecule has 3 aromatic rings. The van der Waals surface area contributed by atoms with E-state index in [4.69, 9.17) is 11.6 Å². The summed E-state index contributed by atoms with van der Waals surface area (Å²) in [5.41, 5.74) is -1.04. The summed E-state index contributed by atoms with van der Waals surface area (Å²) in [4.78, 5) is 37.6. The summed E-state index contributed by atoms with van der Waals surface area (Å²) in [6.45, 7) is 0.0802. The van der Waals surface area contributed by atoms with Gasteiger partial charge in [-0.15, -0.1) is 11.3 Å². The van der Waals surface area contributed by atoms with Crippen LogP contribution in [0.25, 0.3) is 10.4 Å². The molecule has 3 heterocycles. The molecule has 1 aliphatic rings. The smallest absolute Gasteiger partial charge is 0.278 e. The van der Waals surface area contributed by atoms with Gasteiger partial charge in [0.25, 0.3) is 18.0 Å². The SMILES string of the molecule is O=C(NC1CN(CC(F)F)C1)C(c1cncnc1)N(C(=O)C(F)Cl)c1ccc(-c2cccs2)cc1. The Bertz CT molecular complexity index is 1130. The normalized spacial score (nSPS) is 15.9. The van der Waals surface area contributed by atoms with Crippen molar-refractivity contribution in [2.24, 2.45) is 0 Å². The molecule has 0 spiro atoms. The number of nitrogens with zero attached hydrogens (tertiary/aromatic N) is 4. The van der Waals surface area contributed by atoms with Crippen LogP contribution in [0.1, 0.15) is 11.6 Å². The molecule has 1 saturated heterocycles. The van der Waals surface area contributed by atoms with Crippen molar-refractivity contribution in [1.29, 1.82) is 0 Å². The highest BCUT2D eigenvalue weighted by Crippen LogP contribution is 2.32. The summed E-state index contributed by atoms with van der Waals surface area (Å²) in [7, 11) is 0. The minimum Gasteiger partial charge on any atom is -0.349 e. The number of anilines is 1. The molecule has 7 nitrogen and oxygen atoms in total. The molecule has 1 N–H and O–H groups in total. The minimum atomic E-state index is -2.48. The second-order valence-corrected chi connectivity index (χ2v) is 9.25. The van der Waals surface area contributed by atoms with E-state index in [1.54, 1.807) is 24.3 Å². The molecule has 2 aromatic heterocycles. The zero-order chi connectivity index (χ0) is 24.9. The number of carbonyl (C=O) groups is 2. The van der Waals surface area contributed by atoms with Crippen molar-refractivity contribution in [3.63, 3.8) is 0 Å². The van der Waals surface area contributed by atoms with Crippen LogP contribution < -0.4 is 10.2 Å². The Morgan fingerprint density at radius 2 is 1.83 bits per heavy atom. The summed E-state index contributed by atoms with van der Waals surface area (Å²) < 4.78 is 39.3. The Kier molecular flexibility index (Phi) is 7.99. The van der Waals surface area contributed by atoms with Gasteiger partial charge in [-0.05, 0) is 29.1 Å². The molecule has 2 amide bonds. The van der Waals surface area contributed by atoms with Crippen LogP contribution in [0.4, 0.5) is 18.9 Å². The van der Waals surface area contributed by atoms with Gasteiger partial charge in [-0.2, -0.15) is 0 Å². The van der Waals surface area contributed by atoms with E-state index >= 15 is 0 Å². The largest absolute Gasteiger partial charge is 0.349 e. The number of likely N-dealkylation sites (tertiary alicyclic amines) is 1. The second kappa shape index (κ2) is 11.1. The van der Waals surface area contributed by atoms with Gasteiger partial charge in [0.1, 0.15) is 12.4 Å². The average molecular weight is 524 g/mol. The fourth-order valence-corrected chi connectivity index (χ4v) is 4.73. The Hall–Kier alpha value is -3.02. The van der Waals surface area contributed by atoms with Crippen LogP contribution >= 0.6 is 22.9 Å². The van der Waals surface area contributed by atoms with E-state index in [0.29, 0.717) is 0 Å². The van der Waals surface area contributed by atoms with Crippen molar-refractivity contribution >= 4 is 40.4 Å². The molecule has 12 heteroatoms. The standard InChI is InChI=1S/C23H21ClF3N5O2S/c24-21(27)23(34)32(17-5-3-14(4-6-17)18-2-1-7-35-18)20(15-8-28-13-29-9-15)22(33)30-16-10-31(11-16)12-19(25)26/h1-9,13,16,19-21H,10-12H2,(H,30,33). The van der Waals surface area contributed by atoms with Gasteiger partial charge in [0.05, 0.1) is 12.6 Å². The molecular weight excluding hydrogens is 503 g/mol. The number of alkyl halides is 4. The molecule has 184 valence electrons. The number of carbonyl (C=O) groups excluding carboxylic acids is 2. The number of hydrogen-bond acceptors (Lipinski definition) is 6. The van der Waals surface area contributed by atoms with Gasteiger partial charge in [0, 0.05) is 41.6 Å². The first kappa shape index (κ1) is 25.1. The molecule has 35 heavy (non-hydrogen) atoms. The van der Waals surface area contributed by atoms with E-state index in [9.17, 15) is 22.8 Å². The third kappa shape index (κ3) is 5.98. The number of halogens is 4. The first-order valence-electron chi connectivity index (χ1n) is 10.6. The Morgan fingerprint density at radius 3 is 2.40 bits per heavy atom. The number of nitrogens with one attached hydrogen (secondary N) is 1. The van der Waals surface area contributed by atoms with Gasteiger partial charge < -0.3 is 5.32 Å². The number of amides is 2. The van der Waals surface area contributed by atoms with Crippen molar-refractivity contribution in [3.8, 4) is 10.4 Å². The molecule has 1 aromatic carbocycles. The van der Waals surface area contributed by atoms with E-state index in [1.165, 1.54) is 35.0 Å². The number of aromatic nitrogens is 2. The molecule has 1 fully saturated rings. The van der Waals surface area contributed by atoms with E-state index in [2.05, 4.69) is 15.3 Å². The van der Waals surface area contributed by atoms with Crippen LogP contribution in [0.15, 0.2) is 60.5 Å². The van der Waals surface area contributed by atoms with E-state index in [-0.39, 0.29) is 30.9 Å². The molecule has 0 saturated carbocycles. The van der Waals surface area contributed by atoms with E-state index in [1.807, 2.05) is 17.5 Å². The summed E-state index contributed by atoms with van der Waals surface area (Å²) in [5, 5.41) is 4.69. The first-order chi connectivity index (χ1) is 16.8. The van der Waals surface area contributed by atoms with Crippen molar-refractivity contribution in [3.05, 3.63) is 66.1 Å². The maximum Gasteiger partial charge on any atom is 0.278 e. The van der Waals surface area contributed by atoms with Crippen LogP contribution in [0.5, 0.6) is 0 Å². The fraction of sp³-hybridized carbons (Fsp3) is 0.304. The summed E-state index contributed by atoms with van der Waals surface area (Å²) in [6, 6.07) is 8.83. The molecule has 1 aliphatic heterocycles. The highest BCUT2D eigenvalue weighted by molar-refractivity contribution is 7.13. The predicted octanol–water partition coefficient (Wildman–Crippen LogP) is 3.88. The number of benzene rings is 1. The lowest BCUT2D eigenvalue weighted by Crippen LogP contribution is -2.61. The molecule has 0 radical (unpaired) electrons. The fourth-order valence-electron chi connectivity index (χ4n) is 3.89. The van der Waals surface area contributed by atoms with Gasteiger partial charge >= 0.3 is 0 Å². The predicted molar refractivity (Wildman–Crippen MR) is 127 cm³/mol. The minimum absolute atomic E-state index is 0.235. The summed E-state index contributed by atoms with van der Waals surface area (Å²) in [6.07, 6.45) is 1.48. The molecule has 0 bridgehead atoms. The quantitative estimate of drug-likeness (QED) is 0.431. The lowest BCUT2D eigenvalue weighted by molar-refractivity contribution is -0.128. The van der Waals surface area contributed by atoms with Gasteiger partial charge in [0.15, 0.2) is 0 Å². The van der Waals surface area contributed by atoms with Crippen LogP contribution in [-0.4, -0.2) is 64.4 Å². The Labute approximate surface area is 208 Å². The highest BCUT2D eigenvalue weighted by atomic mass is 35.5. The lowest BCUT2D eigenvalue weighted by atomic mass is 10.0. The molecule has 4 rings (SSSR count). The van der Waals surface area contributed by atoms with Gasteiger partial charge in [-0.1, -0.05) is 29.8 Å². The second-order valence-electron chi connectivity index (χ2n) is 7.92. The summed E-state index contributed by atoms with van der Waals surface area (Å²) in [5.74, 6) is -1.76. The van der Waals surface area contributed by atoms with Crippen molar-refractivity contribution in [1.82, 2.24) is 20.2 Å². The zero-order valence-corrected chi connectivity index (χ0v) is 19.8. The monoisotopic (exact) mass is 523 g/mol. The summed E-state index contributed by atoms with van der Waals surface area (Å²) >= 11 is 7.07. The van der Waals surface area contributed by atoms with E-state index in [0.717, 1.165) is 15.3 Å². The topological polar surface area (TPSA) is 78.4 Å². The third-order valence-electron chi connectivity index (χ3n) is 5.48. The van der Waals surface area contributed by atoms with E-state index < -0.39 is 36.0 Å². The third-order valence-corrected chi connectivity index (χ3v) is 6.58.